The van der Waals surface area contributed by atoms with Gasteiger partial charge in [-0.05, 0) is 24.4 Å². The minimum Gasteiger partial charge on any atom is -0.496 e. The van der Waals surface area contributed by atoms with Gasteiger partial charge in [-0.2, -0.15) is 0 Å². The van der Waals surface area contributed by atoms with Crippen molar-refractivity contribution >= 4 is 27.4 Å². The van der Waals surface area contributed by atoms with Crippen LogP contribution in [0.4, 0.5) is 0 Å². The molecule has 2 rings (SSSR count). The molecular weight excluding hydrogens is 212 g/mol. The van der Waals surface area contributed by atoms with E-state index in [2.05, 4.69) is 0 Å². The van der Waals surface area contributed by atoms with E-state index in [9.17, 15) is 4.79 Å². The summed E-state index contributed by atoms with van der Waals surface area (Å²) in [6, 6.07) is 3.64. The van der Waals surface area contributed by atoms with Gasteiger partial charge < -0.3 is 9.84 Å². The fraction of sp³-hybridized carbons (Fsp3) is 0.182. The van der Waals surface area contributed by atoms with Crippen molar-refractivity contribution in [3.05, 3.63) is 28.6 Å². The summed E-state index contributed by atoms with van der Waals surface area (Å²) in [6.07, 6.45) is 0. The third-order valence-corrected chi connectivity index (χ3v) is 3.26. The number of methoxy groups -OCH3 is 1. The fourth-order valence-electron chi connectivity index (χ4n) is 1.67. The molecule has 0 aliphatic rings. The van der Waals surface area contributed by atoms with Gasteiger partial charge in [0.15, 0.2) is 0 Å². The smallest absolute Gasteiger partial charge is 0.336 e. The number of rotatable bonds is 2. The Bertz CT molecular complexity index is 528. The summed E-state index contributed by atoms with van der Waals surface area (Å²) in [5.74, 6) is -0.257. The molecule has 0 saturated carbocycles. The number of carboxylic acids is 1. The molecule has 1 N–H and O–H groups in total. The number of carboxylic acid groups (broad SMARTS) is 1. The van der Waals surface area contributed by atoms with Gasteiger partial charge >= 0.3 is 5.97 Å². The predicted molar refractivity (Wildman–Crippen MR) is 60.1 cm³/mol. The Balaban J connectivity index is 2.85. The number of aromatic carboxylic acids is 1. The highest BCUT2D eigenvalue weighted by Gasteiger charge is 2.15. The summed E-state index contributed by atoms with van der Waals surface area (Å²) < 4.78 is 6.19. The van der Waals surface area contributed by atoms with E-state index in [0.29, 0.717) is 16.9 Å². The Labute approximate surface area is 90.9 Å². The average molecular weight is 222 g/mol. The van der Waals surface area contributed by atoms with E-state index in [0.717, 1.165) is 10.1 Å². The number of fused-ring (bicyclic) bond motifs is 1. The van der Waals surface area contributed by atoms with Crippen LogP contribution in [0.15, 0.2) is 17.5 Å². The summed E-state index contributed by atoms with van der Waals surface area (Å²) in [4.78, 5) is 11.0. The topological polar surface area (TPSA) is 46.5 Å². The molecule has 0 bridgehead atoms. The van der Waals surface area contributed by atoms with Crippen LogP contribution in [0, 0.1) is 6.92 Å². The van der Waals surface area contributed by atoms with Crippen LogP contribution in [0.3, 0.4) is 0 Å². The van der Waals surface area contributed by atoms with Gasteiger partial charge in [-0.25, -0.2) is 4.79 Å². The van der Waals surface area contributed by atoms with Crippen LogP contribution in [0.5, 0.6) is 5.75 Å². The third kappa shape index (κ3) is 1.47. The summed E-state index contributed by atoms with van der Waals surface area (Å²) in [6.45, 7) is 1.76. The number of carbonyl (C=O) groups is 1. The lowest BCUT2D eigenvalue weighted by Crippen LogP contribution is -2.01. The molecule has 4 heteroatoms. The molecule has 0 atom stereocenters. The SMILES string of the molecule is COc1c(C)c(C(=O)O)cc2sccc12. The number of hydrogen-bond donors (Lipinski definition) is 1. The molecule has 0 aliphatic carbocycles. The minimum absolute atomic E-state index is 0.307. The Morgan fingerprint density at radius 1 is 1.53 bits per heavy atom. The summed E-state index contributed by atoms with van der Waals surface area (Å²) >= 11 is 1.51. The maximum absolute atomic E-state index is 11.0. The highest BCUT2D eigenvalue weighted by Crippen LogP contribution is 2.35. The van der Waals surface area contributed by atoms with Crippen molar-refractivity contribution in [2.75, 3.05) is 7.11 Å². The second-order valence-electron chi connectivity index (χ2n) is 3.22. The molecule has 0 spiro atoms. The van der Waals surface area contributed by atoms with E-state index in [1.54, 1.807) is 20.1 Å². The molecule has 0 saturated heterocycles. The Hall–Kier alpha value is -1.55. The van der Waals surface area contributed by atoms with E-state index in [1.165, 1.54) is 11.3 Å². The first-order valence-electron chi connectivity index (χ1n) is 4.43. The lowest BCUT2D eigenvalue weighted by molar-refractivity contribution is 0.0696. The molecular formula is C11H10O3S. The second-order valence-corrected chi connectivity index (χ2v) is 4.17. The first kappa shape index (κ1) is 9.98. The molecule has 1 aromatic heterocycles. The summed E-state index contributed by atoms with van der Waals surface area (Å²) in [7, 11) is 1.56. The number of thiophene rings is 1. The molecule has 0 fully saturated rings. The largest absolute Gasteiger partial charge is 0.496 e. The molecule has 0 unspecified atom stereocenters. The van der Waals surface area contributed by atoms with Crippen LogP contribution in [0.25, 0.3) is 10.1 Å². The monoisotopic (exact) mass is 222 g/mol. The molecule has 3 nitrogen and oxygen atoms in total. The Kier molecular flexibility index (Phi) is 2.36. The van der Waals surface area contributed by atoms with Gasteiger partial charge in [0.2, 0.25) is 0 Å². The number of ether oxygens (including phenoxy) is 1. The van der Waals surface area contributed by atoms with Gasteiger partial charge in [0.1, 0.15) is 5.75 Å². The quantitative estimate of drug-likeness (QED) is 0.849. The van der Waals surface area contributed by atoms with Crippen molar-refractivity contribution < 1.29 is 14.6 Å². The Morgan fingerprint density at radius 2 is 2.27 bits per heavy atom. The van der Waals surface area contributed by atoms with Gasteiger partial charge in [-0.3, -0.25) is 0 Å². The van der Waals surface area contributed by atoms with Gasteiger partial charge in [0.25, 0.3) is 0 Å². The summed E-state index contributed by atoms with van der Waals surface area (Å²) in [5.41, 5.74) is 0.984. The fourth-order valence-corrected chi connectivity index (χ4v) is 2.49. The molecule has 78 valence electrons. The summed E-state index contributed by atoms with van der Waals surface area (Å²) in [5, 5.41) is 11.9. The molecule has 15 heavy (non-hydrogen) atoms. The maximum atomic E-state index is 11.0. The Morgan fingerprint density at radius 3 is 2.87 bits per heavy atom. The maximum Gasteiger partial charge on any atom is 0.336 e. The van der Waals surface area contributed by atoms with E-state index in [4.69, 9.17) is 9.84 Å². The molecule has 2 aromatic rings. The van der Waals surface area contributed by atoms with Crippen molar-refractivity contribution in [1.82, 2.24) is 0 Å². The van der Waals surface area contributed by atoms with E-state index in [1.807, 2.05) is 11.4 Å². The zero-order valence-electron chi connectivity index (χ0n) is 8.40. The van der Waals surface area contributed by atoms with Gasteiger partial charge in [-0.15, -0.1) is 11.3 Å². The standard InChI is InChI=1S/C11H10O3S/c1-6-8(11(12)13)5-9-7(3-4-15-9)10(6)14-2/h3-5H,1-2H3,(H,12,13). The number of benzene rings is 1. The second kappa shape index (κ2) is 3.55. The first-order chi connectivity index (χ1) is 7.15. The molecule has 0 amide bonds. The van der Waals surface area contributed by atoms with Crippen LogP contribution in [-0.2, 0) is 0 Å². The molecule has 1 heterocycles. The minimum atomic E-state index is -0.916. The zero-order chi connectivity index (χ0) is 11.0. The highest BCUT2D eigenvalue weighted by atomic mass is 32.1. The van der Waals surface area contributed by atoms with Crippen LogP contribution >= 0.6 is 11.3 Å². The predicted octanol–water partition coefficient (Wildman–Crippen LogP) is 2.92. The van der Waals surface area contributed by atoms with E-state index < -0.39 is 5.97 Å². The molecule has 0 aliphatic heterocycles. The zero-order valence-corrected chi connectivity index (χ0v) is 9.22. The van der Waals surface area contributed by atoms with Crippen molar-refractivity contribution in [3.63, 3.8) is 0 Å². The van der Waals surface area contributed by atoms with E-state index in [-0.39, 0.29) is 0 Å². The van der Waals surface area contributed by atoms with Crippen molar-refractivity contribution in [2.45, 2.75) is 6.92 Å². The van der Waals surface area contributed by atoms with Crippen molar-refractivity contribution in [1.29, 1.82) is 0 Å². The van der Waals surface area contributed by atoms with Crippen molar-refractivity contribution in [3.8, 4) is 5.75 Å². The van der Waals surface area contributed by atoms with E-state index >= 15 is 0 Å². The molecule has 1 aromatic carbocycles. The van der Waals surface area contributed by atoms with Gasteiger partial charge in [-0.1, -0.05) is 0 Å². The van der Waals surface area contributed by atoms with Crippen LogP contribution < -0.4 is 4.74 Å². The number of hydrogen-bond acceptors (Lipinski definition) is 3. The van der Waals surface area contributed by atoms with Crippen LogP contribution in [0.1, 0.15) is 15.9 Å². The van der Waals surface area contributed by atoms with Gasteiger partial charge in [0, 0.05) is 15.6 Å². The lowest BCUT2D eigenvalue weighted by Gasteiger charge is -2.09. The molecule has 0 radical (unpaired) electrons. The third-order valence-electron chi connectivity index (χ3n) is 2.39. The van der Waals surface area contributed by atoms with Crippen LogP contribution in [0.2, 0.25) is 0 Å². The van der Waals surface area contributed by atoms with Crippen LogP contribution in [-0.4, -0.2) is 18.2 Å². The first-order valence-corrected chi connectivity index (χ1v) is 5.31. The van der Waals surface area contributed by atoms with Gasteiger partial charge in [0.05, 0.1) is 12.7 Å². The lowest BCUT2D eigenvalue weighted by atomic mass is 10.1. The average Bonchev–Trinajstić information content (AvgIpc) is 2.64. The van der Waals surface area contributed by atoms with Crippen molar-refractivity contribution in [2.24, 2.45) is 0 Å². The normalized spacial score (nSPS) is 10.5. The highest BCUT2D eigenvalue weighted by molar-refractivity contribution is 7.17.